The van der Waals surface area contributed by atoms with Crippen LogP contribution in [-0.4, -0.2) is 129 Å². The molecule has 0 aromatic carbocycles. The van der Waals surface area contributed by atoms with Gasteiger partial charge in [0.2, 0.25) is 5.91 Å². The maximum Gasteiger partial charge on any atom is 0.315 e. The Morgan fingerprint density at radius 1 is 0.868 bits per heavy atom. The molecule has 1 unspecified atom stereocenters. The highest BCUT2D eigenvalue weighted by atomic mass is 32.2. The van der Waals surface area contributed by atoms with Crippen LogP contribution in [0.5, 0.6) is 0 Å². The highest BCUT2D eigenvalue weighted by Crippen LogP contribution is 2.33. The van der Waals surface area contributed by atoms with E-state index in [0.717, 1.165) is 31.3 Å². The smallest absolute Gasteiger partial charge is 0.315 e. The molecule has 0 aromatic heterocycles. The first kappa shape index (κ1) is 33.0. The minimum Gasteiger partial charge on any atom is -0.377 e. The van der Waals surface area contributed by atoms with E-state index in [-0.39, 0.29) is 37.2 Å². The Bertz CT molecular complexity index is 775. The van der Waals surface area contributed by atoms with Crippen LogP contribution in [-0.2, 0) is 42.8 Å². The van der Waals surface area contributed by atoms with E-state index in [9.17, 15) is 18.0 Å². The number of carbonyl (C=O) groups is 2. The number of hydrogen-bond donors (Lipinski definition) is 3. The maximum atomic E-state index is 12.0. The lowest BCUT2D eigenvalue weighted by Crippen LogP contribution is -2.36. The van der Waals surface area contributed by atoms with Crippen LogP contribution in [0.15, 0.2) is 0 Å². The molecular weight excluding hydrogens is 542 g/mol. The first-order valence-corrected chi connectivity index (χ1v) is 15.9. The van der Waals surface area contributed by atoms with Gasteiger partial charge in [0.1, 0.15) is 0 Å². The van der Waals surface area contributed by atoms with Gasteiger partial charge >= 0.3 is 6.03 Å². The van der Waals surface area contributed by atoms with E-state index in [0.29, 0.717) is 77.7 Å². The van der Waals surface area contributed by atoms with Crippen molar-refractivity contribution in [3.63, 3.8) is 0 Å². The fourth-order valence-corrected chi connectivity index (χ4v) is 5.77. The Kier molecular flexibility index (Phi) is 17.2. The maximum absolute atomic E-state index is 12.0. The molecule has 15 heteroatoms. The largest absolute Gasteiger partial charge is 0.377 e. The lowest BCUT2D eigenvalue weighted by molar-refractivity contribution is -0.121. The van der Waals surface area contributed by atoms with Gasteiger partial charge < -0.3 is 39.6 Å². The van der Waals surface area contributed by atoms with Gasteiger partial charge in [-0.15, -0.1) is 0 Å². The number of carbonyl (C=O) groups excluding carboxylic acids is 2. The Labute approximate surface area is 229 Å². The van der Waals surface area contributed by atoms with Crippen molar-refractivity contribution in [2.45, 2.75) is 43.0 Å². The number of urea groups is 1. The molecule has 2 saturated heterocycles. The molecule has 38 heavy (non-hydrogen) atoms. The summed E-state index contributed by atoms with van der Waals surface area (Å²) in [5.74, 6) is 0.989. The molecule has 3 amide bonds. The number of thioether (sulfide) groups is 1. The van der Waals surface area contributed by atoms with Gasteiger partial charge in [0.05, 0.1) is 91.0 Å². The molecule has 2 rings (SSSR count). The Morgan fingerprint density at radius 2 is 1.42 bits per heavy atom. The van der Waals surface area contributed by atoms with Gasteiger partial charge in [-0.2, -0.15) is 20.2 Å². The van der Waals surface area contributed by atoms with Crippen molar-refractivity contribution in [3.8, 4) is 0 Å². The summed E-state index contributed by atoms with van der Waals surface area (Å²) in [6, 6.07) is 0.398. The highest BCUT2D eigenvalue weighted by Gasteiger charge is 2.42. The van der Waals surface area contributed by atoms with Crippen molar-refractivity contribution in [2.75, 3.05) is 91.2 Å². The third-order valence-electron chi connectivity index (χ3n) is 5.66. The molecule has 2 aliphatic heterocycles. The molecule has 0 saturated carbocycles. The predicted molar refractivity (Wildman–Crippen MR) is 142 cm³/mol. The lowest BCUT2D eigenvalue weighted by Gasteiger charge is -2.16. The highest BCUT2D eigenvalue weighted by molar-refractivity contribution is 8.00. The summed E-state index contributed by atoms with van der Waals surface area (Å²) >= 11 is 1.89. The zero-order chi connectivity index (χ0) is 27.5. The van der Waals surface area contributed by atoms with Gasteiger partial charge in [0.15, 0.2) is 0 Å². The van der Waals surface area contributed by atoms with Crippen LogP contribution in [0, 0.1) is 0 Å². The topological polar surface area (TPSA) is 160 Å². The first-order valence-electron chi connectivity index (χ1n) is 13.0. The van der Waals surface area contributed by atoms with Crippen molar-refractivity contribution in [2.24, 2.45) is 0 Å². The van der Waals surface area contributed by atoms with Gasteiger partial charge in [0, 0.05) is 24.0 Å². The molecule has 3 atom stereocenters. The average Bonchev–Trinajstić information content (AvgIpc) is 3.41. The summed E-state index contributed by atoms with van der Waals surface area (Å²) in [5, 5.41) is 9.23. The second kappa shape index (κ2) is 19.8. The Morgan fingerprint density at radius 3 is 2.00 bits per heavy atom. The summed E-state index contributed by atoms with van der Waals surface area (Å²) < 4.78 is 52.8. The molecule has 2 fully saturated rings. The second-order valence-corrected chi connectivity index (χ2v) is 11.7. The summed E-state index contributed by atoms with van der Waals surface area (Å²) in [6.45, 7) is 4.48. The summed E-state index contributed by atoms with van der Waals surface area (Å²) in [5.41, 5.74) is 0. The standard InChI is InChI=1S/C23H43N3O10S2/c1-38(29,30)36-17-16-35-15-14-34-13-12-33-11-10-32-9-8-31-7-6-24-21(27)5-3-2-4-20-22-19(18-37-20)25-23(28)26-22/h19-20,22H,2-18H2,1H3,(H,24,27)(H2,25,26,28)/t19-,20?,22-/m0/s1. The van der Waals surface area contributed by atoms with Crippen molar-refractivity contribution in [1.29, 1.82) is 0 Å². The molecule has 2 aliphatic rings. The Hall–Kier alpha value is -1.20. The van der Waals surface area contributed by atoms with Crippen LogP contribution in [0.1, 0.15) is 25.7 Å². The molecule has 222 valence electrons. The fraction of sp³-hybridized carbons (Fsp3) is 0.913. The molecule has 0 aliphatic carbocycles. The van der Waals surface area contributed by atoms with Crippen LogP contribution < -0.4 is 16.0 Å². The van der Waals surface area contributed by atoms with Crippen LogP contribution >= 0.6 is 11.8 Å². The fourth-order valence-electron chi connectivity index (χ4n) is 3.85. The number of nitrogens with one attached hydrogen (secondary N) is 3. The third kappa shape index (κ3) is 16.0. The molecule has 0 radical (unpaired) electrons. The normalized spacial score (nSPS) is 20.8. The number of unbranched alkanes of at least 4 members (excludes halogenated alkanes) is 1. The SMILES string of the molecule is CS(=O)(=O)OCCOCCOCCOCCOCCOCCNC(=O)CCCCC1SC[C@@H]2NC(=O)N[C@H]12. The summed E-state index contributed by atoms with van der Waals surface area (Å²) in [6.07, 6.45) is 4.31. The minimum absolute atomic E-state index is 0.00631. The van der Waals surface area contributed by atoms with Gasteiger partial charge in [-0.1, -0.05) is 6.42 Å². The third-order valence-corrected chi connectivity index (χ3v) is 7.77. The molecule has 0 bridgehead atoms. The lowest BCUT2D eigenvalue weighted by atomic mass is 10.0. The molecule has 2 heterocycles. The molecule has 0 spiro atoms. The molecule has 0 aromatic rings. The zero-order valence-electron chi connectivity index (χ0n) is 22.2. The van der Waals surface area contributed by atoms with Gasteiger partial charge in [-0.25, -0.2) is 4.79 Å². The van der Waals surface area contributed by atoms with Gasteiger partial charge in [0.25, 0.3) is 10.1 Å². The number of amides is 3. The van der Waals surface area contributed by atoms with Crippen molar-refractivity contribution >= 4 is 33.8 Å². The number of hydrogen-bond acceptors (Lipinski definition) is 11. The van der Waals surface area contributed by atoms with Crippen molar-refractivity contribution < 1.29 is 45.9 Å². The van der Waals surface area contributed by atoms with Gasteiger partial charge in [-0.05, 0) is 12.8 Å². The van der Waals surface area contributed by atoms with E-state index in [1.807, 2.05) is 11.8 Å². The van der Waals surface area contributed by atoms with E-state index in [1.54, 1.807) is 0 Å². The monoisotopic (exact) mass is 585 g/mol. The van der Waals surface area contributed by atoms with Crippen molar-refractivity contribution in [3.05, 3.63) is 0 Å². The van der Waals surface area contributed by atoms with E-state index in [1.165, 1.54) is 0 Å². The first-order chi connectivity index (χ1) is 18.3. The Balaban J connectivity index is 1.24. The minimum atomic E-state index is -3.42. The quantitative estimate of drug-likeness (QED) is 0.0788. The molecule has 3 N–H and O–H groups in total. The number of ether oxygens (including phenoxy) is 5. The number of fused-ring (bicyclic) bond motifs is 1. The zero-order valence-corrected chi connectivity index (χ0v) is 23.8. The van der Waals surface area contributed by atoms with E-state index in [2.05, 4.69) is 20.1 Å². The molecule has 13 nitrogen and oxygen atoms in total. The van der Waals surface area contributed by atoms with Crippen LogP contribution in [0.3, 0.4) is 0 Å². The summed E-state index contributed by atoms with van der Waals surface area (Å²) in [4.78, 5) is 23.4. The van der Waals surface area contributed by atoms with E-state index in [4.69, 9.17) is 23.7 Å². The van der Waals surface area contributed by atoms with Crippen LogP contribution in [0.4, 0.5) is 4.79 Å². The second-order valence-electron chi connectivity index (χ2n) is 8.81. The molecular formula is C23H43N3O10S2. The average molecular weight is 586 g/mol. The van der Waals surface area contributed by atoms with Crippen molar-refractivity contribution in [1.82, 2.24) is 16.0 Å². The van der Waals surface area contributed by atoms with Crippen LogP contribution in [0.2, 0.25) is 0 Å². The number of rotatable bonds is 24. The summed E-state index contributed by atoms with van der Waals surface area (Å²) in [7, 11) is -3.42. The van der Waals surface area contributed by atoms with E-state index >= 15 is 0 Å². The van der Waals surface area contributed by atoms with Crippen LogP contribution in [0.25, 0.3) is 0 Å². The van der Waals surface area contributed by atoms with E-state index < -0.39 is 10.1 Å². The predicted octanol–water partition coefficient (Wildman–Crippen LogP) is -0.112. The van der Waals surface area contributed by atoms with Gasteiger partial charge in [-0.3, -0.25) is 8.98 Å².